The van der Waals surface area contributed by atoms with Crippen molar-refractivity contribution in [2.24, 2.45) is 4.99 Å². The average Bonchev–Trinajstić information content (AvgIpc) is 3.21. The summed E-state index contributed by atoms with van der Waals surface area (Å²) in [5.74, 6) is 2.55. The molecule has 26 heavy (non-hydrogen) atoms. The summed E-state index contributed by atoms with van der Waals surface area (Å²) in [6.45, 7) is 9.97. The van der Waals surface area contributed by atoms with Gasteiger partial charge in [0, 0.05) is 51.4 Å². The van der Waals surface area contributed by atoms with Crippen LogP contribution >= 0.6 is 35.3 Å². The molecule has 3 rings (SSSR count). The van der Waals surface area contributed by atoms with Crippen LogP contribution in [0.1, 0.15) is 25.3 Å². The molecule has 5 nitrogen and oxygen atoms in total. The van der Waals surface area contributed by atoms with Gasteiger partial charge in [0.1, 0.15) is 5.82 Å². The Hall–Kier alpha value is -1.35. The fourth-order valence-corrected chi connectivity index (χ4v) is 3.78. The van der Waals surface area contributed by atoms with E-state index in [4.69, 9.17) is 4.99 Å². The van der Waals surface area contributed by atoms with Crippen LogP contribution in [0.25, 0.3) is 0 Å². The lowest BCUT2D eigenvalue weighted by Gasteiger charge is -2.37. The third kappa shape index (κ3) is 5.57. The monoisotopic (exact) mass is 485 g/mol. The average molecular weight is 485 g/mol. The first-order valence-corrected chi connectivity index (χ1v) is 9.93. The maximum absolute atomic E-state index is 4.89. The predicted octanol–water partition coefficient (Wildman–Crippen LogP) is 3.65. The summed E-state index contributed by atoms with van der Waals surface area (Å²) in [6.07, 6.45) is 1.86. The number of nitrogens with one attached hydrogen (secondary N) is 1. The summed E-state index contributed by atoms with van der Waals surface area (Å²) in [7, 11) is 0. The molecule has 1 atom stereocenters. The Morgan fingerprint density at radius 2 is 2.08 bits per heavy atom. The number of rotatable bonds is 5. The number of thiophene rings is 1. The minimum absolute atomic E-state index is 0. The van der Waals surface area contributed by atoms with Crippen molar-refractivity contribution in [1.29, 1.82) is 0 Å². The van der Waals surface area contributed by atoms with Crippen molar-refractivity contribution in [2.45, 2.75) is 19.8 Å². The topological polar surface area (TPSA) is 43.8 Å². The van der Waals surface area contributed by atoms with Gasteiger partial charge in [-0.3, -0.25) is 4.99 Å². The number of halogens is 1. The lowest BCUT2D eigenvalue weighted by atomic mass is 10.1. The molecule has 142 valence electrons. The molecule has 0 aromatic carbocycles. The first kappa shape index (κ1) is 21.0. The second kappa shape index (κ2) is 10.7. The Morgan fingerprint density at radius 3 is 2.69 bits per heavy atom. The summed E-state index contributed by atoms with van der Waals surface area (Å²) in [6, 6.07) is 8.29. The van der Waals surface area contributed by atoms with E-state index >= 15 is 0 Å². The van der Waals surface area contributed by atoms with Gasteiger partial charge in [0.15, 0.2) is 5.96 Å². The zero-order valence-corrected chi connectivity index (χ0v) is 18.6. The largest absolute Gasteiger partial charge is 0.357 e. The quantitative estimate of drug-likeness (QED) is 0.399. The van der Waals surface area contributed by atoms with Crippen LogP contribution in [0, 0.1) is 0 Å². The number of guanidine groups is 1. The van der Waals surface area contributed by atoms with Crippen LogP contribution in [-0.4, -0.2) is 55.1 Å². The number of piperazine rings is 1. The Labute approximate surface area is 177 Å². The maximum Gasteiger partial charge on any atom is 0.194 e. The van der Waals surface area contributed by atoms with Crippen LogP contribution < -0.4 is 10.2 Å². The van der Waals surface area contributed by atoms with Crippen molar-refractivity contribution in [2.75, 3.05) is 44.2 Å². The lowest BCUT2D eigenvalue weighted by molar-refractivity contribution is 0.371. The lowest BCUT2D eigenvalue weighted by Crippen LogP contribution is -2.52. The predicted molar refractivity (Wildman–Crippen MR) is 122 cm³/mol. The van der Waals surface area contributed by atoms with Gasteiger partial charge in [0.25, 0.3) is 0 Å². The molecule has 0 aliphatic carbocycles. The third-order valence-electron chi connectivity index (χ3n) is 4.51. The highest BCUT2D eigenvalue weighted by Gasteiger charge is 2.20. The van der Waals surface area contributed by atoms with E-state index in [-0.39, 0.29) is 24.0 Å². The van der Waals surface area contributed by atoms with E-state index in [2.05, 4.69) is 56.8 Å². The van der Waals surface area contributed by atoms with Gasteiger partial charge < -0.3 is 15.1 Å². The smallest absolute Gasteiger partial charge is 0.194 e. The number of aliphatic imine (C=N–C) groups is 1. The fraction of sp³-hybridized carbons (Fsp3) is 0.474. The zero-order valence-electron chi connectivity index (χ0n) is 15.5. The molecule has 0 radical (unpaired) electrons. The molecule has 3 heterocycles. The van der Waals surface area contributed by atoms with Crippen molar-refractivity contribution in [3.05, 3.63) is 46.8 Å². The van der Waals surface area contributed by atoms with Crippen molar-refractivity contribution in [3.8, 4) is 0 Å². The first-order valence-electron chi connectivity index (χ1n) is 8.99. The highest BCUT2D eigenvalue weighted by molar-refractivity contribution is 14.0. The van der Waals surface area contributed by atoms with Crippen LogP contribution in [0.15, 0.2) is 46.2 Å². The minimum Gasteiger partial charge on any atom is -0.357 e. The normalized spacial score (nSPS) is 16.2. The summed E-state index contributed by atoms with van der Waals surface area (Å²) in [4.78, 5) is 14.1. The SMILES string of the molecule is CCNC(=NCC(C)c1ccsc1)N1CCN(c2ccccn2)CC1.I. The highest BCUT2D eigenvalue weighted by Crippen LogP contribution is 2.18. The van der Waals surface area contributed by atoms with Crippen LogP contribution in [-0.2, 0) is 0 Å². The molecule has 1 unspecified atom stereocenters. The molecule has 1 aliphatic heterocycles. The van der Waals surface area contributed by atoms with Crippen molar-refractivity contribution < 1.29 is 0 Å². The van der Waals surface area contributed by atoms with Crippen LogP contribution in [0.3, 0.4) is 0 Å². The summed E-state index contributed by atoms with van der Waals surface area (Å²) < 4.78 is 0. The van der Waals surface area contributed by atoms with Gasteiger partial charge >= 0.3 is 0 Å². The Bertz CT molecular complexity index is 654. The molecule has 0 spiro atoms. The van der Waals surface area contributed by atoms with E-state index in [9.17, 15) is 0 Å². The van der Waals surface area contributed by atoms with E-state index in [0.717, 1.165) is 51.0 Å². The van der Waals surface area contributed by atoms with E-state index in [0.29, 0.717) is 5.92 Å². The first-order chi connectivity index (χ1) is 12.3. The number of anilines is 1. The highest BCUT2D eigenvalue weighted by atomic mass is 127. The van der Waals surface area contributed by atoms with Gasteiger partial charge in [-0.1, -0.05) is 13.0 Å². The maximum atomic E-state index is 4.89. The van der Waals surface area contributed by atoms with Gasteiger partial charge in [0.05, 0.1) is 0 Å². The van der Waals surface area contributed by atoms with Crippen LogP contribution in [0.5, 0.6) is 0 Å². The number of hydrogen-bond donors (Lipinski definition) is 1. The van der Waals surface area contributed by atoms with Gasteiger partial charge in [0.2, 0.25) is 0 Å². The second-order valence-electron chi connectivity index (χ2n) is 6.31. The number of hydrogen-bond acceptors (Lipinski definition) is 4. The molecule has 1 fully saturated rings. The Morgan fingerprint density at radius 1 is 1.27 bits per heavy atom. The van der Waals surface area contributed by atoms with Crippen molar-refractivity contribution in [3.63, 3.8) is 0 Å². The summed E-state index contributed by atoms with van der Waals surface area (Å²) >= 11 is 1.75. The Balaban J connectivity index is 0.00000243. The van der Waals surface area contributed by atoms with Crippen LogP contribution in [0.4, 0.5) is 5.82 Å². The molecule has 1 saturated heterocycles. The van der Waals surface area contributed by atoms with E-state index in [1.165, 1.54) is 5.56 Å². The zero-order chi connectivity index (χ0) is 17.5. The van der Waals surface area contributed by atoms with Gasteiger partial charge in [-0.15, -0.1) is 24.0 Å². The van der Waals surface area contributed by atoms with Gasteiger partial charge in [-0.25, -0.2) is 4.98 Å². The van der Waals surface area contributed by atoms with Crippen molar-refractivity contribution in [1.82, 2.24) is 15.2 Å². The van der Waals surface area contributed by atoms with Crippen molar-refractivity contribution >= 4 is 47.1 Å². The summed E-state index contributed by atoms with van der Waals surface area (Å²) in [5.41, 5.74) is 1.38. The molecule has 1 N–H and O–H groups in total. The van der Waals surface area contributed by atoms with Gasteiger partial charge in [-0.05, 0) is 41.4 Å². The second-order valence-corrected chi connectivity index (χ2v) is 7.09. The van der Waals surface area contributed by atoms with Gasteiger partial charge in [-0.2, -0.15) is 11.3 Å². The van der Waals surface area contributed by atoms with E-state index in [1.54, 1.807) is 11.3 Å². The number of pyridine rings is 1. The molecule has 2 aromatic heterocycles. The van der Waals surface area contributed by atoms with E-state index in [1.807, 2.05) is 18.3 Å². The molecular formula is C19H28IN5S. The molecule has 2 aromatic rings. The molecule has 0 bridgehead atoms. The standard InChI is InChI=1S/C19H27N5S.HI/c1-3-20-19(22-14-16(2)17-7-13-25-15-17)24-11-9-23(10-12-24)18-6-4-5-8-21-18;/h4-8,13,15-16H,3,9-12,14H2,1-2H3,(H,20,22);1H. The van der Waals surface area contributed by atoms with Crippen LogP contribution in [0.2, 0.25) is 0 Å². The molecule has 7 heteroatoms. The minimum atomic E-state index is 0. The molecule has 1 aliphatic rings. The molecule has 0 saturated carbocycles. The Kier molecular flexibility index (Phi) is 8.64. The van der Waals surface area contributed by atoms with E-state index < -0.39 is 0 Å². The number of aromatic nitrogens is 1. The third-order valence-corrected chi connectivity index (χ3v) is 5.22. The number of nitrogens with zero attached hydrogens (tertiary/aromatic N) is 4. The molecular weight excluding hydrogens is 457 g/mol. The fourth-order valence-electron chi connectivity index (χ4n) is 3.00. The summed E-state index contributed by atoms with van der Waals surface area (Å²) in [5, 5.41) is 7.81. The molecule has 0 amide bonds.